The molecule has 162 valence electrons. The molecular weight excluding hydrogens is 416 g/mol. The van der Waals surface area contributed by atoms with Crippen LogP contribution in [0.15, 0.2) is 47.9 Å². The third-order valence-corrected chi connectivity index (χ3v) is 5.96. The van der Waals surface area contributed by atoms with Crippen molar-refractivity contribution in [3.63, 3.8) is 0 Å². The highest BCUT2D eigenvalue weighted by molar-refractivity contribution is 7.99. The van der Waals surface area contributed by atoms with Crippen molar-refractivity contribution in [2.45, 2.75) is 43.5 Å². The van der Waals surface area contributed by atoms with Gasteiger partial charge in [-0.1, -0.05) is 30.7 Å². The summed E-state index contributed by atoms with van der Waals surface area (Å²) in [4.78, 5) is 16.6. The first kappa shape index (κ1) is 21.1. The van der Waals surface area contributed by atoms with Crippen molar-refractivity contribution in [1.82, 2.24) is 25.2 Å². The van der Waals surface area contributed by atoms with Crippen LogP contribution in [0.1, 0.15) is 37.3 Å². The molecule has 0 radical (unpaired) electrons. The number of thioether (sulfide) groups is 1. The Bertz CT molecular complexity index is 1010. The van der Waals surface area contributed by atoms with Gasteiger partial charge < -0.3 is 14.8 Å². The van der Waals surface area contributed by atoms with Gasteiger partial charge in [0.15, 0.2) is 11.5 Å². The van der Waals surface area contributed by atoms with Crippen LogP contribution < -0.4 is 14.8 Å². The smallest absolute Gasteiger partial charge is 0.234 e. The van der Waals surface area contributed by atoms with Gasteiger partial charge in [0.1, 0.15) is 6.61 Å². The zero-order valence-electron chi connectivity index (χ0n) is 17.2. The predicted octanol–water partition coefficient (Wildman–Crippen LogP) is 3.50. The molecule has 0 bridgehead atoms. The van der Waals surface area contributed by atoms with E-state index in [-0.39, 0.29) is 11.7 Å². The Balaban J connectivity index is 1.35. The number of ether oxygens (including phenoxy) is 2. The molecule has 2 aromatic heterocycles. The van der Waals surface area contributed by atoms with Crippen LogP contribution in [0.3, 0.4) is 0 Å². The molecule has 1 amide bonds. The summed E-state index contributed by atoms with van der Waals surface area (Å²) < 4.78 is 13.1. The van der Waals surface area contributed by atoms with Gasteiger partial charge >= 0.3 is 0 Å². The van der Waals surface area contributed by atoms with Crippen molar-refractivity contribution in [2.24, 2.45) is 0 Å². The summed E-state index contributed by atoms with van der Waals surface area (Å²) in [5.74, 6) is 1.20. The molecule has 1 aliphatic carbocycles. The Morgan fingerprint density at radius 1 is 1.26 bits per heavy atom. The van der Waals surface area contributed by atoms with Crippen LogP contribution in [-0.2, 0) is 11.4 Å². The second kappa shape index (κ2) is 10.3. The van der Waals surface area contributed by atoms with Crippen LogP contribution in [0.4, 0.5) is 5.69 Å². The molecule has 1 saturated carbocycles. The molecule has 1 aromatic carbocycles. The minimum atomic E-state index is -0.144. The number of benzene rings is 1. The van der Waals surface area contributed by atoms with Crippen molar-refractivity contribution in [2.75, 3.05) is 18.2 Å². The van der Waals surface area contributed by atoms with Gasteiger partial charge in [0.2, 0.25) is 11.1 Å². The maximum absolute atomic E-state index is 12.5. The Labute approximate surface area is 184 Å². The fourth-order valence-electron chi connectivity index (χ4n) is 3.50. The van der Waals surface area contributed by atoms with E-state index in [1.165, 1.54) is 24.6 Å². The molecule has 10 heteroatoms. The Morgan fingerprint density at radius 3 is 2.90 bits per heavy atom. The molecule has 0 spiro atoms. The van der Waals surface area contributed by atoms with E-state index in [2.05, 4.69) is 25.8 Å². The summed E-state index contributed by atoms with van der Waals surface area (Å²) in [5.41, 5.74) is 1.57. The topological polar surface area (TPSA) is 104 Å². The molecule has 31 heavy (non-hydrogen) atoms. The van der Waals surface area contributed by atoms with Crippen molar-refractivity contribution < 1.29 is 14.3 Å². The molecule has 3 aromatic rings. The maximum Gasteiger partial charge on any atom is 0.234 e. The normalized spacial score (nSPS) is 13.8. The molecule has 1 aliphatic rings. The molecule has 4 rings (SSSR count). The standard InChI is InChI=1S/C21H24N6O3S/c1-29-18-9-8-16(11-19(18)30-13-15-5-4-10-22-12-15)23-20(28)14-31-21-24-25-26-27(21)17-6-2-3-7-17/h4-5,8-12,17H,2-3,6-7,13-14H2,1H3,(H,23,28). The number of amides is 1. The average Bonchev–Trinajstić information content (AvgIpc) is 3.49. The molecule has 1 fully saturated rings. The fourth-order valence-corrected chi connectivity index (χ4v) is 4.24. The predicted molar refractivity (Wildman–Crippen MR) is 116 cm³/mol. The Morgan fingerprint density at radius 2 is 2.13 bits per heavy atom. The summed E-state index contributed by atoms with van der Waals surface area (Å²) in [6.45, 7) is 0.348. The van der Waals surface area contributed by atoms with E-state index in [0.717, 1.165) is 18.4 Å². The van der Waals surface area contributed by atoms with Crippen molar-refractivity contribution in [3.05, 3.63) is 48.3 Å². The maximum atomic E-state index is 12.5. The largest absolute Gasteiger partial charge is 0.493 e. The number of hydrogen-bond donors (Lipinski definition) is 1. The SMILES string of the molecule is COc1ccc(NC(=O)CSc2nnnn2C2CCCC2)cc1OCc1cccnc1. The van der Waals surface area contributed by atoms with Crippen LogP contribution in [0.2, 0.25) is 0 Å². The lowest BCUT2D eigenvalue weighted by Crippen LogP contribution is -2.15. The molecule has 0 aliphatic heterocycles. The minimum absolute atomic E-state index is 0.144. The summed E-state index contributed by atoms with van der Waals surface area (Å²) in [6, 6.07) is 9.42. The van der Waals surface area contributed by atoms with E-state index >= 15 is 0 Å². The van der Waals surface area contributed by atoms with Crippen LogP contribution in [-0.4, -0.2) is 44.0 Å². The van der Waals surface area contributed by atoms with Gasteiger partial charge in [0.25, 0.3) is 0 Å². The third kappa shape index (κ3) is 5.52. The lowest BCUT2D eigenvalue weighted by molar-refractivity contribution is -0.113. The second-order valence-corrected chi connectivity index (χ2v) is 8.14. The van der Waals surface area contributed by atoms with Crippen LogP contribution in [0.5, 0.6) is 11.5 Å². The molecule has 1 N–H and O–H groups in total. The molecule has 9 nitrogen and oxygen atoms in total. The van der Waals surface area contributed by atoms with E-state index in [1.807, 2.05) is 16.8 Å². The van der Waals surface area contributed by atoms with Gasteiger partial charge in [-0.3, -0.25) is 9.78 Å². The second-order valence-electron chi connectivity index (χ2n) is 7.20. The number of methoxy groups -OCH3 is 1. The lowest BCUT2D eigenvalue weighted by Gasteiger charge is -2.13. The third-order valence-electron chi connectivity index (χ3n) is 5.03. The highest BCUT2D eigenvalue weighted by Gasteiger charge is 2.22. The summed E-state index contributed by atoms with van der Waals surface area (Å²) in [7, 11) is 1.58. The monoisotopic (exact) mass is 440 g/mol. The van der Waals surface area contributed by atoms with Gasteiger partial charge in [0.05, 0.1) is 18.9 Å². The van der Waals surface area contributed by atoms with Crippen LogP contribution in [0.25, 0.3) is 0 Å². The number of hydrogen-bond acceptors (Lipinski definition) is 8. The van der Waals surface area contributed by atoms with E-state index in [1.54, 1.807) is 37.7 Å². The van der Waals surface area contributed by atoms with Gasteiger partial charge in [-0.2, -0.15) is 0 Å². The van der Waals surface area contributed by atoms with Gasteiger partial charge in [0, 0.05) is 29.7 Å². The summed E-state index contributed by atoms with van der Waals surface area (Å²) >= 11 is 1.34. The van der Waals surface area contributed by atoms with Gasteiger partial charge in [-0.05, 0) is 41.5 Å². The summed E-state index contributed by atoms with van der Waals surface area (Å²) in [6.07, 6.45) is 8.01. The van der Waals surface area contributed by atoms with Crippen LogP contribution >= 0.6 is 11.8 Å². The highest BCUT2D eigenvalue weighted by atomic mass is 32.2. The number of carbonyl (C=O) groups is 1. The lowest BCUT2D eigenvalue weighted by atomic mass is 10.2. The van der Waals surface area contributed by atoms with E-state index in [0.29, 0.717) is 35.0 Å². The average molecular weight is 441 g/mol. The number of aromatic nitrogens is 5. The minimum Gasteiger partial charge on any atom is -0.493 e. The number of carbonyl (C=O) groups excluding carboxylic acids is 1. The van der Waals surface area contributed by atoms with Crippen molar-refractivity contribution in [3.8, 4) is 11.5 Å². The molecular formula is C21H24N6O3S. The Hall–Kier alpha value is -3.14. The van der Waals surface area contributed by atoms with E-state index in [4.69, 9.17) is 9.47 Å². The van der Waals surface area contributed by atoms with E-state index in [9.17, 15) is 4.79 Å². The first-order chi connectivity index (χ1) is 15.2. The van der Waals surface area contributed by atoms with Crippen molar-refractivity contribution in [1.29, 1.82) is 0 Å². The number of nitrogens with zero attached hydrogens (tertiary/aromatic N) is 5. The molecule has 0 unspecified atom stereocenters. The summed E-state index contributed by atoms with van der Waals surface area (Å²) in [5, 5.41) is 15.5. The zero-order valence-corrected chi connectivity index (χ0v) is 18.0. The number of nitrogens with one attached hydrogen (secondary N) is 1. The zero-order chi connectivity index (χ0) is 21.5. The highest BCUT2D eigenvalue weighted by Crippen LogP contribution is 2.32. The number of anilines is 1. The van der Waals surface area contributed by atoms with E-state index < -0.39 is 0 Å². The first-order valence-electron chi connectivity index (χ1n) is 10.1. The number of tetrazole rings is 1. The molecule has 0 saturated heterocycles. The Kier molecular flexibility index (Phi) is 6.98. The molecule has 2 heterocycles. The van der Waals surface area contributed by atoms with Crippen molar-refractivity contribution >= 4 is 23.4 Å². The van der Waals surface area contributed by atoms with Crippen LogP contribution in [0, 0.1) is 0 Å². The fraction of sp³-hybridized carbons (Fsp3) is 0.381. The van der Waals surface area contributed by atoms with Gasteiger partial charge in [-0.15, -0.1) is 5.10 Å². The molecule has 0 atom stereocenters. The van der Waals surface area contributed by atoms with Gasteiger partial charge in [-0.25, -0.2) is 4.68 Å². The number of rotatable bonds is 9. The quantitative estimate of drug-likeness (QED) is 0.504. The number of pyridine rings is 1. The first-order valence-corrected chi connectivity index (χ1v) is 11.1.